The van der Waals surface area contributed by atoms with Gasteiger partial charge < -0.3 is 19.7 Å². The standard InChI is InChI=1S/C29H27F2N5O5S/c1-16(2)19-10-23-28(33-14-19)36(6-8-40-23)26-4-3-17-13-32-20(12-22(17)35-26)15-34-29(37)18-9-21(30)27-24(11-18)42(38,39)25(31)5-7-41-27/h3-4,9-14,16,25H,5-8,15H2,1-2H3,(H,34,37)/t25-/m1/s1. The van der Waals surface area contributed by atoms with Crippen molar-refractivity contribution in [2.45, 2.75) is 43.1 Å². The van der Waals surface area contributed by atoms with Crippen molar-refractivity contribution in [3.63, 3.8) is 0 Å². The molecule has 0 bridgehead atoms. The van der Waals surface area contributed by atoms with E-state index in [1.54, 1.807) is 12.3 Å². The molecule has 3 aromatic heterocycles. The molecule has 1 aromatic carbocycles. The van der Waals surface area contributed by atoms with Crippen molar-refractivity contribution >= 4 is 38.3 Å². The molecule has 6 rings (SSSR count). The molecule has 0 spiro atoms. The minimum absolute atomic E-state index is 0.0473. The van der Waals surface area contributed by atoms with Gasteiger partial charge >= 0.3 is 0 Å². The van der Waals surface area contributed by atoms with Crippen LogP contribution in [-0.2, 0) is 16.4 Å². The lowest BCUT2D eigenvalue weighted by Crippen LogP contribution is -2.30. The number of pyridine rings is 3. The molecule has 0 aliphatic carbocycles. The van der Waals surface area contributed by atoms with Crippen LogP contribution < -0.4 is 19.7 Å². The third-order valence-corrected chi connectivity index (χ3v) is 9.00. The number of ether oxygens (including phenoxy) is 2. The molecule has 13 heteroatoms. The van der Waals surface area contributed by atoms with Crippen molar-refractivity contribution < 1.29 is 31.5 Å². The monoisotopic (exact) mass is 595 g/mol. The number of nitrogens with one attached hydrogen (secondary N) is 1. The number of benzene rings is 1. The summed E-state index contributed by atoms with van der Waals surface area (Å²) in [5, 5.41) is 3.39. The highest BCUT2D eigenvalue weighted by molar-refractivity contribution is 7.92. The second kappa shape index (κ2) is 10.8. The van der Waals surface area contributed by atoms with E-state index in [-0.39, 0.29) is 18.7 Å². The average molecular weight is 596 g/mol. The Morgan fingerprint density at radius 3 is 2.76 bits per heavy atom. The number of halogens is 2. The first-order chi connectivity index (χ1) is 20.1. The Morgan fingerprint density at radius 2 is 1.95 bits per heavy atom. The van der Waals surface area contributed by atoms with Crippen molar-refractivity contribution in [1.82, 2.24) is 20.3 Å². The van der Waals surface area contributed by atoms with E-state index < -0.39 is 44.1 Å². The van der Waals surface area contributed by atoms with Gasteiger partial charge in [0.2, 0.25) is 15.3 Å². The summed E-state index contributed by atoms with van der Waals surface area (Å²) in [6, 6.07) is 9.29. The Bertz CT molecular complexity index is 1820. The molecule has 0 radical (unpaired) electrons. The molecule has 10 nitrogen and oxygen atoms in total. The summed E-state index contributed by atoms with van der Waals surface area (Å²) in [6.45, 7) is 4.88. The molecule has 1 amide bonds. The molecule has 0 fully saturated rings. The Hall–Kier alpha value is -4.39. The lowest BCUT2D eigenvalue weighted by atomic mass is 10.1. The van der Waals surface area contributed by atoms with E-state index >= 15 is 0 Å². The van der Waals surface area contributed by atoms with Crippen LogP contribution in [-0.4, -0.2) is 54.5 Å². The summed E-state index contributed by atoms with van der Waals surface area (Å²) in [5.41, 5.74) is -0.359. The number of rotatable bonds is 5. The summed E-state index contributed by atoms with van der Waals surface area (Å²) in [5.74, 6) is -0.0345. The van der Waals surface area contributed by atoms with Gasteiger partial charge in [-0.25, -0.2) is 27.2 Å². The smallest absolute Gasteiger partial charge is 0.251 e. The van der Waals surface area contributed by atoms with Gasteiger partial charge in [-0.1, -0.05) is 13.8 Å². The first-order valence-corrected chi connectivity index (χ1v) is 14.9. The predicted octanol–water partition coefficient (Wildman–Crippen LogP) is 4.60. The third kappa shape index (κ3) is 5.08. The summed E-state index contributed by atoms with van der Waals surface area (Å²) >= 11 is 0. The highest BCUT2D eigenvalue weighted by atomic mass is 32.2. The number of sulfone groups is 1. The van der Waals surface area contributed by atoms with Crippen molar-refractivity contribution in [2.75, 3.05) is 24.7 Å². The predicted molar refractivity (Wildman–Crippen MR) is 150 cm³/mol. The van der Waals surface area contributed by atoms with Crippen molar-refractivity contribution in [2.24, 2.45) is 0 Å². The van der Waals surface area contributed by atoms with Gasteiger partial charge in [-0.05, 0) is 47.9 Å². The SMILES string of the molecule is CC(C)c1cnc2c(c1)OCCN2c1ccc2cnc(CNC(=O)c3cc(F)c4c(c3)S(=O)(=O)[C@@H](F)CCO4)cc2n1. The lowest BCUT2D eigenvalue weighted by molar-refractivity contribution is 0.0949. The van der Waals surface area contributed by atoms with E-state index in [2.05, 4.69) is 29.1 Å². The molecule has 1 N–H and O–H groups in total. The van der Waals surface area contributed by atoms with Gasteiger partial charge in [0, 0.05) is 29.8 Å². The van der Waals surface area contributed by atoms with Crippen LogP contribution in [0.5, 0.6) is 11.5 Å². The number of aromatic nitrogens is 3. The van der Waals surface area contributed by atoms with Crippen molar-refractivity contribution in [1.29, 1.82) is 0 Å². The van der Waals surface area contributed by atoms with E-state index in [0.717, 1.165) is 23.1 Å². The molecule has 2 aliphatic heterocycles. The van der Waals surface area contributed by atoms with Crippen LogP contribution in [0.1, 0.15) is 47.8 Å². The summed E-state index contributed by atoms with van der Waals surface area (Å²) in [7, 11) is -4.51. The van der Waals surface area contributed by atoms with Crippen LogP contribution in [0.25, 0.3) is 10.9 Å². The van der Waals surface area contributed by atoms with Crippen LogP contribution >= 0.6 is 0 Å². The largest absolute Gasteiger partial charge is 0.489 e. The zero-order chi connectivity index (χ0) is 29.6. The van der Waals surface area contributed by atoms with Crippen LogP contribution in [0, 0.1) is 5.82 Å². The van der Waals surface area contributed by atoms with Gasteiger partial charge in [0.1, 0.15) is 17.3 Å². The van der Waals surface area contributed by atoms with Gasteiger partial charge in [0.25, 0.3) is 5.91 Å². The van der Waals surface area contributed by atoms with Crippen LogP contribution in [0.2, 0.25) is 0 Å². The minimum atomic E-state index is -4.51. The molecule has 1 atom stereocenters. The number of nitrogens with zero attached hydrogens (tertiary/aromatic N) is 4. The quantitative estimate of drug-likeness (QED) is 0.353. The van der Waals surface area contributed by atoms with E-state index in [0.29, 0.717) is 47.7 Å². The zero-order valence-electron chi connectivity index (χ0n) is 22.8. The minimum Gasteiger partial charge on any atom is -0.489 e. The fourth-order valence-corrected chi connectivity index (χ4v) is 6.21. The molecule has 0 saturated heterocycles. The van der Waals surface area contributed by atoms with Crippen LogP contribution in [0.4, 0.5) is 20.4 Å². The van der Waals surface area contributed by atoms with E-state index in [4.69, 9.17) is 14.5 Å². The fraction of sp³-hybridized carbons (Fsp3) is 0.310. The third-order valence-electron chi connectivity index (χ3n) is 7.18. The first-order valence-electron chi connectivity index (χ1n) is 13.4. The van der Waals surface area contributed by atoms with Gasteiger partial charge in [0.05, 0.1) is 30.9 Å². The Kier molecular flexibility index (Phi) is 7.13. The number of fused-ring (bicyclic) bond motifs is 3. The zero-order valence-corrected chi connectivity index (χ0v) is 23.6. The summed E-state index contributed by atoms with van der Waals surface area (Å²) in [4.78, 5) is 28.0. The highest BCUT2D eigenvalue weighted by Crippen LogP contribution is 2.37. The second-order valence-corrected chi connectivity index (χ2v) is 12.4. The van der Waals surface area contributed by atoms with E-state index in [9.17, 15) is 22.0 Å². The second-order valence-electron chi connectivity index (χ2n) is 10.3. The molecule has 5 heterocycles. The lowest BCUT2D eigenvalue weighted by Gasteiger charge is -2.29. The number of carbonyl (C=O) groups is 1. The molecule has 0 unspecified atom stereocenters. The number of hydrogen-bond donors (Lipinski definition) is 1. The highest BCUT2D eigenvalue weighted by Gasteiger charge is 2.35. The number of alkyl halides is 1. The fourth-order valence-electron chi connectivity index (χ4n) is 4.82. The molecule has 2 aliphatic rings. The van der Waals surface area contributed by atoms with Gasteiger partial charge in [-0.15, -0.1) is 0 Å². The summed E-state index contributed by atoms with van der Waals surface area (Å²) in [6.07, 6.45) is 3.03. The molecular weight excluding hydrogens is 568 g/mol. The van der Waals surface area contributed by atoms with Crippen LogP contribution in [0.3, 0.4) is 0 Å². The van der Waals surface area contributed by atoms with Gasteiger partial charge in [-0.3, -0.25) is 9.78 Å². The van der Waals surface area contributed by atoms with Gasteiger partial charge in [0.15, 0.2) is 23.1 Å². The molecule has 42 heavy (non-hydrogen) atoms. The number of hydrogen-bond acceptors (Lipinski definition) is 9. The maximum atomic E-state index is 14.7. The maximum Gasteiger partial charge on any atom is 0.251 e. The summed E-state index contributed by atoms with van der Waals surface area (Å²) < 4.78 is 64.9. The number of anilines is 2. The average Bonchev–Trinajstić information content (AvgIpc) is 3.10. The Morgan fingerprint density at radius 1 is 1.12 bits per heavy atom. The van der Waals surface area contributed by atoms with E-state index in [1.165, 1.54) is 0 Å². The van der Waals surface area contributed by atoms with Crippen molar-refractivity contribution in [3.05, 3.63) is 71.4 Å². The molecule has 0 saturated carbocycles. The van der Waals surface area contributed by atoms with Crippen LogP contribution in [0.15, 0.2) is 53.7 Å². The van der Waals surface area contributed by atoms with Gasteiger partial charge in [-0.2, -0.15) is 0 Å². The topological polar surface area (TPSA) is 124 Å². The van der Waals surface area contributed by atoms with Crippen molar-refractivity contribution in [3.8, 4) is 11.5 Å². The Balaban J connectivity index is 1.23. The van der Waals surface area contributed by atoms with E-state index in [1.807, 2.05) is 29.3 Å². The molecule has 4 aromatic rings. The molecule has 218 valence electrons. The molecular formula is C29H27F2N5O5S. The first kappa shape index (κ1) is 27.8. The normalized spacial score (nSPS) is 17.5. The number of carbonyl (C=O) groups excluding carboxylic acids is 1. The maximum absolute atomic E-state index is 14.7. The number of amides is 1. The Labute approximate surface area is 240 Å².